The van der Waals surface area contributed by atoms with Gasteiger partial charge in [-0.3, -0.25) is 0 Å². The summed E-state index contributed by atoms with van der Waals surface area (Å²) in [4.78, 5) is 0. The summed E-state index contributed by atoms with van der Waals surface area (Å²) in [7, 11) is -1.54. The zero-order chi connectivity index (χ0) is 16.3. The molecule has 0 N–H and O–H groups in total. The molecule has 0 aliphatic rings. The Kier molecular flexibility index (Phi) is 10.7. The third-order valence-electron chi connectivity index (χ3n) is 3.69. The van der Waals surface area contributed by atoms with Crippen molar-refractivity contribution in [3.63, 3.8) is 0 Å². The number of rotatable bonds is 8. The number of nitriles is 4. The number of nitrogens with zero attached hydrogens (tertiary/aromatic N) is 4. The van der Waals surface area contributed by atoms with Crippen molar-refractivity contribution in [1.29, 1.82) is 21.0 Å². The molecule has 0 amide bonds. The molecular formula is C17H18BrN4P. The molecule has 0 heterocycles. The molecule has 4 nitrogen and oxygen atoms in total. The van der Waals surface area contributed by atoms with Gasteiger partial charge in [0.25, 0.3) is 0 Å². The molecule has 0 aromatic heterocycles. The van der Waals surface area contributed by atoms with Crippen molar-refractivity contribution in [1.82, 2.24) is 0 Å². The van der Waals surface area contributed by atoms with E-state index in [1.165, 1.54) is 0 Å². The maximum atomic E-state index is 8.92. The highest BCUT2D eigenvalue weighted by Crippen LogP contribution is 2.62. The summed E-state index contributed by atoms with van der Waals surface area (Å²) >= 11 is 0. The van der Waals surface area contributed by atoms with E-state index < -0.39 is 7.26 Å². The molecule has 0 aliphatic carbocycles. The summed E-state index contributed by atoms with van der Waals surface area (Å²) in [5.74, 6) is 0. The molecule has 23 heavy (non-hydrogen) atoms. The van der Waals surface area contributed by atoms with Gasteiger partial charge in [-0.2, -0.15) is 21.0 Å². The largest absolute Gasteiger partial charge is 1.00 e. The molecule has 0 atom stereocenters. The van der Waals surface area contributed by atoms with Gasteiger partial charge in [-0.05, 0) is 17.7 Å². The summed E-state index contributed by atoms with van der Waals surface area (Å²) in [6.07, 6.45) is 4.65. The van der Waals surface area contributed by atoms with Gasteiger partial charge in [0.1, 0.15) is 0 Å². The third kappa shape index (κ3) is 7.26. The Hall–Kier alpha value is -1.91. The van der Waals surface area contributed by atoms with Gasteiger partial charge in [-0.25, -0.2) is 0 Å². The molecule has 0 bridgehead atoms. The van der Waals surface area contributed by atoms with Crippen LogP contribution in [-0.4, -0.2) is 18.5 Å². The predicted octanol–water partition coefficient (Wildman–Crippen LogP) is 0.821. The summed E-state index contributed by atoms with van der Waals surface area (Å²) in [5, 5.41) is 35.6. The van der Waals surface area contributed by atoms with Crippen molar-refractivity contribution in [2.24, 2.45) is 0 Å². The first-order valence-electron chi connectivity index (χ1n) is 7.14. The van der Waals surface area contributed by atoms with Crippen LogP contribution in [0.15, 0.2) is 24.3 Å². The lowest BCUT2D eigenvalue weighted by molar-refractivity contribution is -0.00000564. The molecule has 0 spiro atoms. The molecule has 1 aromatic rings. The summed E-state index contributed by atoms with van der Waals surface area (Å²) in [6.45, 7) is 0. The highest BCUT2D eigenvalue weighted by Gasteiger charge is 2.36. The van der Waals surface area contributed by atoms with Gasteiger partial charge >= 0.3 is 0 Å². The molecule has 0 saturated heterocycles. The van der Waals surface area contributed by atoms with E-state index in [0.29, 0.717) is 24.8 Å². The molecule has 1 rings (SSSR count). The van der Waals surface area contributed by atoms with Gasteiger partial charge in [-0.1, -0.05) is 12.1 Å². The van der Waals surface area contributed by atoms with E-state index in [9.17, 15) is 0 Å². The van der Waals surface area contributed by atoms with Gasteiger partial charge in [0.05, 0.1) is 73.8 Å². The highest BCUT2D eigenvalue weighted by molar-refractivity contribution is 7.75. The monoisotopic (exact) mass is 388 g/mol. The first kappa shape index (κ1) is 21.1. The van der Waals surface area contributed by atoms with Crippen LogP contribution in [0.25, 0.3) is 0 Å². The van der Waals surface area contributed by atoms with E-state index in [4.69, 9.17) is 21.0 Å². The van der Waals surface area contributed by atoms with Crippen LogP contribution in [0.1, 0.15) is 30.4 Å². The lowest BCUT2D eigenvalue weighted by Gasteiger charge is -2.25. The van der Waals surface area contributed by atoms with Crippen LogP contribution in [0.3, 0.4) is 0 Å². The molecule has 0 aliphatic heterocycles. The molecular weight excluding hydrogens is 371 g/mol. The SMILES string of the molecule is N#CCC[P+](CCC#N)(CCC#N)Cc1ccc(C#N)cc1.[Br-]. The first-order chi connectivity index (χ1) is 10.7. The minimum absolute atomic E-state index is 0. The quantitative estimate of drug-likeness (QED) is 0.615. The minimum atomic E-state index is -1.54. The van der Waals surface area contributed by atoms with Crippen molar-refractivity contribution < 1.29 is 17.0 Å². The highest BCUT2D eigenvalue weighted by atomic mass is 79.9. The Morgan fingerprint density at radius 1 is 0.739 bits per heavy atom. The van der Waals surface area contributed by atoms with Gasteiger partial charge in [0.2, 0.25) is 0 Å². The van der Waals surface area contributed by atoms with E-state index in [1.807, 2.05) is 12.1 Å². The zero-order valence-corrected chi connectivity index (χ0v) is 15.4. The fraction of sp³-hybridized carbons (Fsp3) is 0.412. The fourth-order valence-electron chi connectivity index (χ4n) is 2.51. The zero-order valence-electron chi connectivity index (χ0n) is 12.9. The Balaban J connectivity index is 0.00000484. The first-order valence-corrected chi connectivity index (χ1v) is 9.67. The van der Waals surface area contributed by atoms with E-state index in [0.717, 1.165) is 30.2 Å². The maximum absolute atomic E-state index is 8.92. The van der Waals surface area contributed by atoms with Crippen molar-refractivity contribution in [2.75, 3.05) is 18.5 Å². The standard InChI is InChI=1S/C17H18N4P.BrH/c18-8-1-11-22(12-2-9-19,13-3-10-20)15-17-6-4-16(14-21)5-7-17;/h4-7H,1-3,11-13,15H2;1H/q+1;/p-1. The van der Waals surface area contributed by atoms with Crippen molar-refractivity contribution in [3.8, 4) is 24.3 Å². The molecule has 0 saturated carbocycles. The number of benzene rings is 1. The Bertz CT molecular complexity index is 598. The number of hydrogen-bond donors (Lipinski definition) is 0. The minimum Gasteiger partial charge on any atom is -1.00 e. The van der Waals surface area contributed by atoms with Crippen LogP contribution >= 0.6 is 7.26 Å². The van der Waals surface area contributed by atoms with Crippen molar-refractivity contribution >= 4 is 7.26 Å². The Morgan fingerprint density at radius 2 is 1.17 bits per heavy atom. The summed E-state index contributed by atoms with van der Waals surface area (Å²) in [6, 6.07) is 16.2. The van der Waals surface area contributed by atoms with Gasteiger partial charge in [0, 0.05) is 7.26 Å². The lowest BCUT2D eigenvalue weighted by Crippen LogP contribution is -3.00. The van der Waals surface area contributed by atoms with E-state index in [1.54, 1.807) is 12.1 Å². The second kappa shape index (κ2) is 11.6. The van der Waals surface area contributed by atoms with Crippen LogP contribution in [0.2, 0.25) is 0 Å². The smallest absolute Gasteiger partial charge is 0.0991 e. The molecule has 6 heteroatoms. The molecule has 1 aromatic carbocycles. The number of halogens is 1. The van der Waals surface area contributed by atoms with Gasteiger partial charge in [-0.15, -0.1) is 0 Å². The summed E-state index contributed by atoms with van der Waals surface area (Å²) < 4.78 is 0. The van der Waals surface area contributed by atoms with Crippen LogP contribution in [0, 0.1) is 45.3 Å². The van der Waals surface area contributed by atoms with E-state index in [2.05, 4.69) is 24.3 Å². The van der Waals surface area contributed by atoms with Gasteiger partial charge < -0.3 is 17.0 Å². The third-order valence-corrected chi connectivity index (χ3v) is 8.25. The maximum Gasteiger partial charge on any atom is 0.0991 e. The molecule has 0 radical (unpaired) electrons. The van der Waals surface area contributed by atoms with Crippen molar-refractivity contribution in [3.05, 3.63) is 35.4 Å². The lowest BCUT2D eigenvalue weighted by atomic mass is 10.2. The fourth-order valence-corrected chi connectivity index (χ4v) is 6.36. The molecule has 0 unspecified atom stereocenters. The second-order valence-electron chi connectivity index (χ2n) is 5.20. The molecule has 118 valence electrons. The Morgan fingerprint density at radius 3 is 1.52 bits per heavy atom. The molecule has 0 fully saturated rings. The summed E-state index contributed by atoms with van der Waals surface area (Å²) in [5.41, 5.74) is 1.75. The average Bonchev–Trinajstić information content (AvgIpc) is 2.56. The van der Waals surface area contributed by atoms with Crippen LogP contribution in [-0.2, 0) is 6.16 Å². The topological polar surface area (TPSA) is 95.2 Å². The van der Waals surface area contributed by atoms with Crippen molar-refractivity contribution in [2.45, 2.75) is 25.4 Å². The van der Waals surface area contributed by atoms with Crippen LogP contribution < -0.4 is 17.0 Å². The predicted molar refractivity (Wildman–Crippen MR) is 87.1 cm³/mol. The average molecular weight is 389 g/mol. The number of hydrogen-bond acceptors (Lipinski definition) is 4. The van der Waals surface area contributed by atoms with Crippen LogP contribution in [0.5, 0.6) is 0 Å². The van der Waals surface area contributed by atoms with E-state index in [-0.39, 0.29) is 17.0 Å². The van der Waals surface area contributed by atoms with Crippen LogP contribution in [0.4, 0.5) is 0 Å². The van der Waals surface area contributed by atoms with Gasteiger partial charge in [0.15, 0.2) is 0 Å². The van der Waals surface area contributed by atoms with E-state index >= 15 is 0 Å². The Labute approximate surface area is 149 Å². The normalized spacial score (nSPS) is 9.57. The second-order valence-corrected chi connectivity index (χ2v) is 9.54.